The van der Waals surface area contributed by atoms with Crippen molar-refractivity contribution in [2.24, 2.45) is 0 Å². The molecule has 5 rings (SSSR count). The summed E-state index contributed by atoms with van der Waals surface area (Å²) >= 11 is 12.5. The first-order valence-electron chi connectivity index (χ1n) is 11.9. The molecule has 0 radical (unpaired) electrons. The lowest BCUT2D eigenvalue weighted by Crippen LogP contribution is -2.42. The number of fused-ring (bicyclic) bond motifs is 1. The van der Waals surface area contributed by atoms with Gasteiger partial charge in [-0.3, -0.25) is 4.79 Å². The molecule has 1 aromatic heterocycles. The van der Waals surface area contributed by atoms with Crippen LogP contribution in [-0.4, -0.2) is 47.0 Å². The van der Waals surface area contributed by atoms with Crippen LogP contribution in [0.3, 0.4) is 0 Å². The molecule has 0 unspecified atom stereocenters. The first kappa shape index (κ1) is 24.3. The van der Waals surface area contributed by atoms with Gasteiger partial charge in [0.25, 0.3) is 5.91 Å². The molecule has 1 aliphatic rings. The van der Waals surface area contributed by atoms with E-state index >= 15 is 0 Å². The van der Waals surface area contributed by atoms with E-state index in [2.05, 4.69) is 11.4 Å². The number of hydrogen-bond donors (Lipinski definition) is 1. The fraction of sp³-hybridized carbons (Fsp3) is 0.250. The van der Waals surface area contributed by atoms with Crippen LogP contribution in [0.2, 0.25) is 10.0 Å². The van der Waals surface area contributed by atoms with Gasteiger partial charge in [-0.05, 0) is 55.7 Å². The molecule has 0 saturated carbocycles. The number of halogens is 2. The second-order valence-corrected chi connectivity index (χ2v) is 9.69. The van der Waals surface area contributed by atoms with Crippen LogP contribution >= 0.6 is 23.2 Å². The quantitative estimate of drug-likeness (QED) is 0.319. The standard InChI is InChI=1S/C28H26Cl2N4O2/c1-17-22-16-18(20-7-5-9-24(30)26(20)36-2)10-11-25(22)33-28(31-17)32-19-12-14-34(15-13-19)27(35)21-6-3-4-8-23(21)29/h3-11,16,19H,12-15H2,1-2H3,(H,31,32,33). The number of carbonyl (C=O) groups is 1. The molecule has 0 bridgehead atoms. The molecule has 8 heteroatoms. The van der Waals surface area contributed by atoms with Gasteiger partial charge in [-0.2, -0.15) is 0 Å². The number of nitrogens with one attached hydrogen (secondary N) is 1. The number of aryl methyl sites for hydroxylation is 1. The molecule has 184 valence electrons. The first-order chi connectivity index (χ1) is 17.4. The summed E-state index contributed by atoms with van der Waals surface area (Å²) in [5, 5.41) is 5.50. The highest BCUT2D eigenvalue weighted by atomic mass is 35.5. The highest BCUT2D eigenvalue weighted by molar-refractivity contribution is 6.33. The van der Waals surface area contributed by atoms with Crippen LogP contribution in [0.15, 0.2) is 60.7 Å². The largest absolute Gasteiger partial charge is 0.495 e. The maximum Gasteiger partial charge on any atom is 0.255 e. The maximum atomic E-state index is 12.8. The van der Waals surface area contributed by atoms with Crippen LogP contribution in [0.5, 0.6) is 5.75 Å². The molecule has 1 aliphatic heterocycles. The van der Waals surface area contributed by atoms with Crippen molar-refractivity contribution in [1.29, 1.82) is 0 Å². The normalized spacial score (nSPS) is 14.2. The van der Waals surface area contributed by atoms with E-state index < -0.39 is 0 Å². The van der Waals surface area contributed by atoms with E-state index in [9.17, 15) is 4.79 Å². The average molecular weight is 521 g/mol. The minimum atomic E-state index is -0.0241. The van der Waals surface area contributed by atoms with Gasteiger partial charge in [-0.15, -0.1) is 0 Å². The molecule has 1 N–H and O–H groups in total. The molecular formula is C28H26Cl2N4O2. The summed E-state index contributed by atoms with van der Waals surface area (Å²) < 4.78 is 5.53. The monoisotopic (exact) mass is 520 g/mol. The lowest BCUT2D eigenvalue weighted by atomic mass is 10.0. The number of amides is 1. The zero-order valence-electron chi connectivity index (χ0n) is 20.1. The molecular weight excluding hydrogens is 495 g/mol. The van der Waals surface area contributed by atoms with Crippen molar-refractivity contribution in [2.75, 3.05) is 25.5 Å². The van der Waals surface area contributed by atoms with Crippen LogP contribution < -0.4 is 10.1 Å². The molecule has 6 nitrogen and oxygen atoms in total. The molecule has 2 heterocycles. The average Bonchev–Trinajstić information content (AvgIpc) is 2.89. The zero-order chi connectivity index (χ0) is 25.2. The summed E-state index contributed by atoms with van der Waals surface area (Å²) in [7, 11) is 1.62. The predicted octanol–water partition coefficient (Wildman–Crippen LogP) is 6.64. The van der Waals surface area contributed by atoms with Gasteiger partial charge in [0.1, 0.15) is 5.75 Å². The summed E-state index contributed by atoms with van der Waals surface area (Å²) in [5.41, 5.74) is 4.21. The molecule has 36 heavy (non-hydrogen) atoms. The van der Waals surface area contributed by atoms with Gasteiger partial charge in [0.05, 0.1) is 33.9 Å². The summed E-state index contributed by atoms with van der Waals surface area (Å²) in [5.74, 6) is 1.22. The number of likely N-dealkylation sites (tertiary alicyclic amines) is 1. The Morgan fingerprint density at radius 1 is 1.00 bits per heavy atom. The van der Waals surface area contributed by atoms with E-state index in [0.717, 1.165) is 40.6 Å². The zero-order valence-corrected chi connectivity index (χ0v) is 21.6. The van der Waals surface area contributed by atoms with Crippen molar-refractivity contribution in [3.63, 3.8) is 0 Å². The number of methoxy groups -OCH3 is 1. The van der Waals surface area contributed by atoms with Crippen LogP contribution in [0.25, 0.3) is 22.0 Å². The van der Waals surface area contributed by atoms with Crippen molar-refractivity contribution < 1.29 is 9.53 Å². The number of rotatable bonds is 5. The van der Waals surface area contributed by atoms with Gasteiger partial charge in [-0.1, -0.05) is 53.5 Å². The Kier molecular flexibility index (Phi) is 6.99. The Labute approximate surface area is 220 Å². The predicted molar refractivity (Wildman–Crippen MR) is 145 cm³/mol. The number of hydrogen-bond acceptors (Lipinski definition) is 5. The number of benzene rings is 3. The second-order valence-electron chi connectivity index (χ2n) is 8.88. The second kappa shape index (κ2) is 10.3. The third-order valence-corrected chi connectivity index (χ3v) is 7.22. The number of aromatic nitrogens is 2. The maximum absolute atomic E-state index is 12.8. The Morgan fingerprint density at radius 3 is 2.50 bits per heavy atom. The van der Waals surface area contributed by atoms with Crippen molar-refractivity contribution in [3.05, 3.63) is 82.0 Å². The van der Waals surface area contributed by atoms with E-state index in [0.29, 0.717) is 40.4 Å². The van der Waals surface area contributed by atoms with Gasteiger partial charge >= 0.3 is 0 Å². The molecule has 0 atom stereocenters. The van der Waals surface area contributed by atoms with Gasteiger partial charge in [0.2, 0.25) is 5.95 Å². The molecule has 0 spiro atoms. The highest BCUT2D eigenvalue weighted by Gasteiger charge is 2.25. The van der Waals surface area contributed by atoms with Crippen LogP contribution in [0.4, 0.5) is 5.95 Å². The molecule has 1 saturated heterocycles. The van der Waals surface area contributed by atoms with E-state index in [4.69, 9.17) is 37.9 Å². The molecule has 1 amide bonds. The Bertz CT molecular complexity index is 1430. The van der Waals surface area contributed by atoms with Crippen LogP contribution in [0, 0.1) is 6.92 Å². The van der Waals surface area contributed by atoms with Gasteiger partial charge in [-0.25, -0.2) is 9.97 Å². The van der Waals surface area contributed by atoms with E-state index in [1.165, 1.54) is 0 Å². The Morgan fingerprint density at radius 2 is 1.75 bits per heavy atom. The SMILES string of the molecule is COc1c(Cl)cccc1-c1ccc2nc(NC3CCN(C(=O)c4ccccc4Cl)CC3)nc(C)c2c1. The summed E-state index contributed by atoms with van der Waals surface area (Å²) in [6, 6.07) is 19.2. The van der Waals surface area contributed by atoms with E-state index in [1.807, 2.05) is 54.3 Å². The van der Waals surface area contributed by atoms with Crippen molar-refractivity contribution in [1.82, 2.24) is 14.9 Å². The number of anilines is 1. The minimum absolute atomic E-state index is 0.0241. The molecule has 1 fully saturated rings. The van der Waals surface area contributed by atoms with Crippen molar-refractivity contribution >= 4 is 46.0 Å². The number of para-hydroxylation sites is 1. The third kappa shape index (κ3) is 4.84. The van der Waals surface area contributed by atoms with E-state index in [1.54, 1.807) is 19.2 Å². The van der Waals surface area contributed by atoms with Crippen molar-refractivity contribution in [3.8, 4) is 16.9 Å². The van der Waals surface area contributed by atoms with Crippen LogP contribution in [-0.2, 0) is 0 Å². The smallest absolute Gasteiger partial charge is 0.255 e. The molecule has 0 aliphatic carbocycles. The van der Waals surface area contributed by atoms with Gasteiger partial charge in [0, 0.05) is 30.1 Å². The molecule has 4 aromatic rings. The fourth-order valence-electron chi connectivity index (χ4n) is 4.67. The van der Waals surface area contributed by atoms with Gasteiger partial charge in [0.15, 0.2) is 0 Å². The topological polar surface area (TPSA) is 67.3 Å². The third-order valence-electron chi connectivity index (χ3n) is 6.59. The van der Waals surface area contributed by atoms with E-state index in [-0.39, 0.29) is 11.9 Å². The lowest BCUT2D eigenvalue weighted by molar-refractivity contribution is 0.0718. The van der Waals surface area contributed by atoms with Crippen LogP contribution in [0.1, 0.15) is 28.9 Å². The Hall–Kier alpha value is -3.35. The molecule has 3 aromatic carbocycles. The fourth-order valence-corrected chi connectivity index (χ4v) is 5.14. The summed E-state index contributed by atoms with van der Waals surface area (Å²) in [6.07, 6.45) is 1.62. The van der Waals surface area contributed by atoms with Gasteiger partial charge < -0.3 is 15.0 Å². The number of ether oxygens (including phenoxy) is 1. The Balaban J connectivity index is 1.30. The lowest BCUT2D eigenvalue weighted by Gasteiger charge is -2.32. The first-order valence-corrected chi connectivity index (χ1v) is 12.6. The number of piperidine rings is 1. The number of nitrogens with zero attached hydrogens (tertiary/aromatic N) is 3. The highest BCUT2D eigenvalue weighted by Crippen LogP contribution is 2.37. The minimum Gasteiger partial charge on any atom is -0.495 e. The summed E-state index contributed by atoms with van der Waals surface area (Å²) in [4.78, 5) is 24.2. The number of carbonyl (C=O) groups excluding carboxylic acids is 1. The summed E-state index contributed by atoms with van der Waals surface area (Å²) in [6.45, 7) is 3.29. The van der Waals surface area contributed by atoms with Crippen molar-refractivity contribution in [2.45, 2.75) is 25.8 Å².